The van der Waals surface area contributed by atoms with Gasteiger partial charge in [-0.1, -0.05) is 91.0 Å². The molecule has 0 N–H and O–H groups in total. The Balaban J connectivity index is 1.44. The molecule has 0 atom stereocenters. The topological polar surface area (TPSA) is 17.8 Å². The third-order valence-corrected chi connectivity index (χ3v) is 6.87. The van der Waals surface area contributed by atoms with E-state index in [2.05, 4.69) is 126 Å². The van der Waals surface area contributed by atoms with E-state index in [1.165, 1.54) is 38.9 Å². The maximum atomic E-state index is 5.13. The maximum Gasteiger partial charge on any atom is 0.146 e. The lowest BCUT2D eigenvalue weighted by Gasteiger charge is -2.12. The predicted octanol–water partition coefficient (Wildman–Crippen LogP) is 7.93. The number of fused-ring (bicyclic) bond motifs is 4. The third-order valence-electron chi connectivity index (χ3n) is 6.87. The average molecular weight is 435 g/mol. The molecule has 1 aliphatic carbocycles. The Hall–Kier alpha value is -4.43. The van der Waals surface area contributed by atoms with Crippen molar-refractivity contribution < 1.29 is 0 Å². The highest BCUT2D eigenvalue weighted by Crippen LogP contribution is 2.43. The van der Waals surface area contributed by atoms with E-state index in [1.54, 1.807) is 0 Å². The Kier molecular flexibility index (Phi) is 4.25. The number of hydrogen-bond acceptors (Lipinski definition) is 1. The molecule has 0 saturated carbocycles. The zero-order valence-corrected chi connectivity index (χ0v) is 18.6. The number of imidazole rings is 1. The number of aromatic nitrogens is 2. The molecule has 0 radical (unpaired) electrons. The normalized spacial score (nSPS) is 12.0. The van der Waals surface area contributed by atoms with Crippen LogP contribution >= 0.6 is 0 Å². The zero-order chi connectivity index (χ0) is 22.5. The summed E-state index contributed by atoms with van der Waals surface area (Å²) in [5.41, 5.74) is 12.4. The summed E-state index contributed by atoms with van der Waals surface area (Å²) in [6, 6.07) is 43.1. The van der Waals surface area contributed by atoms with E-state index in [-0.39, 0.29) is 0 Å². The Morgan fingerprint density at radius 1 is 0.559 bits per heavy atom. The molecule has 160 valence electrons. The first-order valence-corrected chi connectivity index (χ1v) is 11.7. The van der Waals surface area contributed by atoms with E-state index in [0.29, 0.717) is 0 Å². The molecule has 6 aromatic rings. The molecule has 2 heteroatoms. The van der Waals surface area contributed by atoms with Crippen LogP contribution in [0.25, 0.3) is 50.4 Å². The van der Waals surface area contributed by atoms with Crippen molar-refractivity contribution in [2.45, 2.75) is 6.42 Å². The molecule has 2 nitrogen and oxygen atoms in total. The van der Waals surface area contributed by atoms with Gasteiger partial charge < -0.3 is 0 Å². The summed E-state index contributed by atoms with van der Waals surface area (Å²) >= 11 is 0. The lowest BCUT2D eigenvalue weighted by molar-refractivity contribution is 1.09. The van der Waals surface area contributed by atoms with Gasteiger partial charge >= 0.3 is 0 Å². The van der Waals surface area contributed by atoms with Crippen molar-refractivity contribution >= 4 is 11.0 Å². The molecule has 0 bridgehead atoms. The van der Waals surface area contributed by atoms with Gasteiger partial charge in [0.25, 0.3) is 0 Å². The molecule has 0 fully saturated rings. The number of para-hydroxylation sites is 3. The first-order chi connectivity index (χ1) is 16.9. The summed E-state index contributed by atoms with van der Waals surface area (Å²) in [5, 5.41) is 0. The number of benzene rings is 5. The largest absolute Gasteiger partial charge is 0.292 e. The molecule has 7 rings (SSSR count). The minimum atomic E-state index is 0.925. The standard InChI is InChI=1S/C32H22N2/c1-3-10-22(11-4-1)23-18-19-24-21-29-26(28(24)20-23)14-9-15-27(29)32-33-30-16-7-8-17-31(30)34(32)25-12-5-2-6-13-25/h1-20H,21H2. The zero-order valence-electron chi connectivity index (χ0n) is 18.6. The van der Waals surface area contributed by atoms with Crippen LogP contribution in [0, 0.1) is 0 Å². The fraction of sp³-hybridized carbons (Fsp3) is 0.0312. The fourth-order valence-electron chi connectivity index (χ4n) is 5.27. The second kappa shape index (κ2) is 7.57. The van der Waals surface area contributed by atoms with Crippen LogP contribution in [-0.2, 0) is 6.42 Å². The molecule has 0 spiro atoms. The van der Waals surface area contributed by atoms with Gasteiger partial charge in [0.15, 0.2) is 0 Å². The Labute approximate surface area is 198 Å². The number of rotatable bonds is 3. The smallest absolute Gasteiger partial charge is 0.146 e. The highest BCUT2D eigenvalue weighted by molar-refractivity contribution is 5.89. The Morgan fingerprint density at radius 3 is 2.15 bits per heavy atom. The van der Waals surface area contributed by atoms with Crippen LogP contribution in [0.3, 0.4) is 0 Å². The summed E-state index contributed by atoms with van der Waals surface area (Å²) in [6.07, 6.45) is 0.925. The van der Waals surface area contributed by atoms with E-state index < -0.39 is 0 Å². The van der Waals surface area contributed by atoms with Crippen molar-refractivity contribution in [2.24, 2.45) is 0 Å². The Morgan fingerprint density at radius 2 is 1.29 bits per heavy atom. The number of nitrogens with zero attached hydrogens (tertiary/aromatic N) is 2. The molecule has 5 aromatic carbocycles. The van der Waals surface area contributed by atoms with Gasteiger partial charge in [0.05, 0.1) is 11.0 Å². The monoisotopic (exact) mass is 434 g/mol. The van der Waals surface area contributed by atoms with Gasteiger partial charge in [-0.2, -0.15) is 0 Å². The van der Waals surface area contributed by atoms with Crippen molar-refractivity contribution in [3.8, 4) is 39.3 Å². The van der Waals surface area contributed by atoms with E-state index in [4.69, 9.17) is 4.98 Å². The molecule has 0 aliphatic heterocycles. The van der Waals surface area contributed by atoms with Gasteiger partial charge in [-0.15, -0.1) is 0 Å². The van der Waals surface area contributed by atoms with E-state index in [0.717, 1.165) is 29.0 Å². The molecule has 1 aromatic heterocycles. The molecule has 0 saturated heterocycles. The van der Waals surface area contributed by atoms with Gasteiger partial charge in [-0.05, 0) is 70.1 Å². The summed E-state index contributed by atoms with van der Waals surface area (Å²) < 4.78 is 2.29. The van der Waals surface area contributed by atoms with Crippen LogP contribution in [0.4, 0.5) is 0 Å². The molecule has 1 heterocycles. The summed E-state index contributed by atoms with van der Waals surface area (Å²) in [4.78, 5) is 5.13. The van der Waals surface area contributed by atoms with Crippen molar-refractivity contribution in [3.63, 3.8) is 0 Å². The fourth-order valence-corrected chi connectivity index (χ4v) is 5.27. The molecule has 1 aliphatic rings. The minimum Gasteiger partial charge on any atom is -0.292 e. The summed E-state index contributed by atoms with van der Waals surface area (Å²) in [5.74, 6) is 1.00. The van der Waals surface area contributed by atoms with Gasteiger partial charge in [0.1, 0.15) is 5.82 Å². The predicted molar refractivity (Wildman–Crippen MR) is 140 cm³/mol. The lowest BCUT2D eigenvalue weighted by Crippen LogP contribution is -1.99. The van der Waals surface area contributed by atoms with Crippen molar-refractivity contribution in [2.75, 3.05) is 0 Å². The van der Waals surface area contributed by atoms with Gasteiger partial charge in [-0.25, -0.2) is 4.98 Å². The van der Waals surface area contributed by atoms with Crippen LogP contribution in [0.15, 0.2) is 121 Å². The van der Waals surface area contributed by atoms with Crippen LogP contribution < -0.4 is 0 Å². The van der Waals surface area contributed by atoms with Gasteiger partial charge in [0, 0.05) is 11.3 Å². The lowest BCUT2D eigenvalue weighted by atomic mass is 9.98. The van der Waals surface area contributed by atoms with Crippen LogP contribution in [0.1, 0.15) is 11.1 Å². The highest BCUT2D eigenvalue weighted by Gasteiger charge is 2.25. The minimum absolute atomic E-state index is 0.925. The highest BCUT2D eigenvalue weighted by atomic mass is 15.1. The molecule has 0 amide bonds. The quantitative estimate of drug-likeness (QED) is 0.276. The first-order valence-electron chi connectivity index (χ1n) is 11.7. The maximum absolute atomic E-state index is 5.13. The second-order valence-electron chi connectivity index (χ2n) is 8.84. The summed E-state index contributed by atoms with van der Waals surface area (Å²) in [6.45, 7) is 0. The van der Waals surface area contributed by atoms with Crippen LogP contribution in [0.5, 0.6) is 0 Å². The van der Waals surface area contributed by atoms with Crippen molar-refractivity contribution in [1.29, 1.82) is 0 Å². The molecular formula is C32H22N2. The van der Waals surface area contributed by atoms with Crippen LogP contribution in [-0.4, -0.2) is 9.55 Å². The molecular weight excluding hydrogens is 412 g/mol. The van der Waals surface area contributed by atoms with E-state index >= 15 is 0 Å². The van der Waals surface area contributed by atoms with Crippen molar-refractivity contribution in [3.05, 3.63) is 132 Å². The Bertz CT molecular complexity index is 1660. The summed E-state index contributed by atoms with van der Waals surface area (Å²) in [7, 11) is 0. The molecule has 34 heavy (non-hydrogen) atoms. The number of hydrogen-bond donors (Lipinski definition) is 0. The van der Waals surface area contributed by atoms with E-state index in [1.807, 2.05) is 0 Å². The second-order valence-corrected chi connectivity index (χ2v) is 8.84. The van der Waals surface area contributed by atoms with Gasteiger partial charge in [0.2, 0.25) is 0 Å². The van der Waals surface area contributed by atoms with Crippen molar-refractivity contribution in [1.82, 2.24) is 9.55 Å². The third kappa shape index (κ3) is 2.93. The van der Waals surface area contributed by atoms with Gasteiger partial charge in [-0.3, -0.25) is 4.57 Å². The average Bonchev–Trinajstić information content (AvgIpc) is 3.48. The molecule has 0 unspecified atom stereocenters. The first kappa shape index (κ1) is 19.1. The SMILES string of the molecule is c1ccc(-c2ccc3c(c2)-c2cccc(-c4nc5ccccc5n4-c4ccccc4)c2C3)cc1. The van der Waals surface area contributed by atoms with Crippen LogP contribution in [0.2, 0.25) is 0 Å². The van der Waals surface area contributed by atoms with E-state index in [9.17, 15) is 0 Å².